The zero-order valence-electron chi connectivity index (χ0n) is 8.90. The van der Waals surface area contributed by atoms with Gasteiger partial charge < -0.3 is 11.1 Å². The number of rotatable bonds is 3. The van der Waals surface area contributed by atoms with Crippen molar-refractivity contribution in [3.05, 3.63) is 29.8 Å². The van der Waals surface area contributed by atoms with Crippen molar-refractivity contribution in [3.63, 3.8) is 0 Å². The Hall–Kier alpha value is -1.42. The molecule has 84 valence electrons. The van der Waals surface area contributed by atoms with Crippen LogP contribution in [0.5, 0.6) is 0 Å². The lowest BCUT2D eigenvalue weighted by atomic mass is 9.85. The SMILES string of the molecule is NC(=S)c1ccc(NC(=O)C2CCC2)cc1. The Morgan fingerprint density at radius 3 is 2.38 bits per heavy atom. The molecular weight excluding hydrogens is 220 g/mol. The molecule has 0 atom stereocenters. The Morgan fingerprint density at radius 2 is 1.94 bits per heavy atom. The third kappa shape index (κ3) is 2.39. The fraction of sp³-hybridized carbons (Fsp3) is 0.333. The van der Waals surface area contributed by atoms with Gasteiger partial charge in [0, 0.05) is 17.2 Å². The van der Waals surface area contributed by atoms with Crippen LogP contribution in [0, 0.1) is 5.92 Å². The molecule has 1 aliphatic carbocycles. The fourth-order valence-electron chi connectivity index (χ4n) is 1.63. The fourth-order valence-corrected chi connectivity index (χ4v) is 1.77. The molecule has 3 nitrogen and oxygen atoms in total. The normalized spacial score (nSPS) is 15.2. The van der Waals surface area contributed by atoms with E-state index in [9.17, 15) is 4.79 Å². The van der Waals surface area contributed by atoms with Gasteiger partial charge in [-0.05, 0) is 37.1 Å². The first-order chi connectivity index (χ1) is 7.66. The number of carbonyl (C=O) groups excluding carboxylic acids is 1. The molecule has 0 aliphatic heterocycles. The number of anilines is 1. The number of nitrogens with one attached hydrogen (secondary N) is 1. The molecule has 0 bridgehead atoms. The van der Waals surface area contributed by atoms with Gasteiger partial charge in [-0.1, -0.05) is 18.6 Å². The van der Waals surface area contributed by atoms with Crippen LogP contribution >= 0.6 is 12.2 Å². The Morgan fingerprint density at radius 1 is 1.31 bits per heavy atom. The number of amides is 1. The van der Waals surface area contributed by atoms with Gasteiger partial charge in [0.05, 0.1) is 0 Å². The first-order valence-electron chi connectivity index (χ1n) is 5.37. The molecule has 16 heavy (non-hydrogen) atoms. The van der Waals surface area contributed by atoms with E-state index in [0.717, 1.165) is 24.1 Å². The average Bonchev–Trinajstić information content (AvgIpc) is 2.15. The molecule has 0 heterocycles. The summed E-state index contributed by atoms with van der Waals surface area (Å²) in [6.07, 6.45) is 3.19. The summed E-state index contributed by atoms with van der Waals surface area (Å²) in [5.41, 5.74) is 7.11. The highest BCUT2D eigenvalue weighted by Gasteiger charge is 2.24. The van der Waals surface area contributed by atoms with Gasteiger partial charge in [-0.25, -0.2) is 0 Å². The van der Waals surface area contributed by atoms with Crippen LogP contribution in [0.2, 0.25) is 0 Å². The van der Waals surface area contributed by atoms with Crippen LogP contribution in [0.25, 0.3) is 0 Å². The van der Waals surface area contributed by atoms with Crippen LogP contribution in [-0.2, 0) is 4.79 Å². The maximum Gasteiger partial charge on any atom is 0.227 e. The van der Waals surface area contributed by atoms with E-state index >= 15 is 0 Å². The average molecular weight is 234 g/mol. The molecule has 4 heteroatoms. The monoisotopic (exact) mass is 234 g/mol. The number of hydrogen-bond acceptors (Lipinski definition) is 2. The van der Waals surface area contributed by atoms with Gasteiger partial charge in [-0.2, -0.15) is 0 Å². The quantitative estimate of drug-likeness (QED) is 0.787. The van der Waals surface area contributed by atoms with E-state index in [-0.39, 0.29) is 11.8 Å². The van der Waals surface area contributed by atoms with Crippen molar-refractivity contribution in [1.82, 2.24) is 0 Å². The highest BCUT2D eigenvalue weighted by atomic mass is 32.1. The van der Waals surface area contributed by atoms with Crippen LogP contribution in [0.15, 0.2) is 24.3 Å². The second-order valence-corrected chi connectivity index (χ2v) is 4.50. The van der Waals surface area contributed by atoms with Gasteiger partial charge in [-0.3, -0.25) is 4.79 Å². The minimum absolute atomic E-state index is 0.120. The van der Waals surface area contributed by atoms with Crippen molar-refractivity contribution in [3.8, 4) is 0 Å². The van der Waals surface area contributed by atoms with Gasteiger partial charge in [0.1, 0.15) is 4.99 Å². The summed E-state index contributed by atoms with van der Waals surface area (Å²) in [4.78, 5) is 12.0. The van der Waals surface area contributed by atoms with Gasteiger partial charge in [0.15, 0.2) is 0 Å². The number of carbonyl (C=O) groups is 1. The molecule has 1 fully saturated rings. The van der Waals surface area contributed by atoms with Crippen molar-refractivity contribution in [2.24, 2.45) is 11.7 Å². The van der Waals surface area contributed by atoms with Crippen LogP contribution in [-0.4, -0.2) is 10.9 Å². The Kier molecular flexibility index (Phi) is 3.19. The van der Waals surface area contributed by atoms with Crippen LogP contribution in [0.1, 0.15) is 24.8 Å². The minimum Gasteiger partial charge on any atom is -0.389 e. The maximum absolute atomic E-state index is 11.7. The van der Waals surface area contributed by atoms with E-state index in [1.165, 1.54) is 6.42 Å². The summed E-state index contributed by atoms with van der Waals surface area (Å²) in [6.45, 7) is 0. The maximum atomic E-state index is 11.7. The largest absolute Gasteiger partial charge is 0.389 e. The summed E-state index contributed by atoms with van der Waals surface area (Å²) in [7, 11) is 0. The first kappa shape index (κ1) is 11.1. The number of thiocarbonyl (C=S) groups is 1. The second-order valence-electron chi connectivity index (χ2n) is 4.06. The van der Waals surface area contributed by atoms with E-state index in [1.54, 1.807) is 0 Å². The molecule has 0 saturated heterocycles. The van der Waals surface area contributed by atoms with Gasteiger partial charge in [-0.15, -0.1) is 0 Å². The Labute approximate surface area is 100 Å². The molecule has 2 rings (SSSR count). The van der Waals surface area contributed by atoms with E-state index in [4.69, 9.17) is 18.0 Å². The zero-order chi connectivity index (χ0) is 11.5. The minimum atomic E-state index is 0.120. The number of hydrogen-bond donors (Lipinski definition) is 2. The van der Waals surface area contributed by atoms with Gasteiger partial charge in [0.25, 0.3) is 0 Å². The van der Waals surface area contributed by atoms with Crippen LogP contribution in [0.4, 0.5) is 5.69 Å². The first-order valence-corrected chi connectivity index (χ1v) is 5.78. The molecule has 1 aliphatic rings. The standard InChI is InChI=1S/C12H14N2OS/c13-11(16)8-4-6-10(7-5-8)14-12(15)9-2-1-3-9/h4-7,9H,1-3H2,(H2,13,16)(H,14,15). The molecule has 0 aromatic heterocycles. The molecule has 1 saturated carbocycles. The molecule has 1 aromatic carbocycles. The molecule has 0 unspecified atom stereocenters. The van der Waals surface area contributed by atoms with Crippen molar-refractivity contribution in [2.75, 3.05) is 5.32 Å². The topological polar surface area (TPSA) is 55.1 Å². The predicted octanol–water partition coefficient (Wildman–Crippen LogP) is 2.06. The molecule has 0 radical (unpaired) electrons. The highest BCUT2D eigenvalue weighted by Crippen LogP contribution is 2.27. The van der Waals surface area contributed by atoms with E-state index in [1.807, 2.05) is 24.3 Å². The second kappa shape index (κ2) is 4.61. The number of nitrogens with two attached hydrogens (primary N) is 1. The smallest absolute Gasteiger partial charge is 0.227 e. The number of benzene rings is 1. The lowest BCUT2D eigenvalue weighted by molar-refractivity contribution is -0.122. The van der Waals surface area contributed by atoms with Crippen molar-refractivity contribution in [1.29, 1.82) is 0 Å². The van der Waals surface area contributed by atoms with E-state index in [2.05, 4.69) is 5.32 Å². The van der Waals surface area contributed by atoms with E-state index < -0.39 is 0 Å². The van der Waals surface area contributed by atoms with Crippen molar-refractivity contribution in [2.45, 2.75) is 19.3 Å². The van der Waals surface area contributed by atoms with Crippen molar-refractivity contribution < 1.29 is 4.79 Å². The van der Waals surface area contributed by atoms with Gasteiger partial charge in [0.2, 0.25) is 5.91 Å². The van der Waals surface area contributed by atoms with Gasteiger partial charge >= 0.3 is 0 Å². The lowest BCUT2D eigenvalue weighted by Gasteiger charge is -2.24. The van der Waals surface area contributed by atoms with Crippen LogP contribution in [0.3, 0.4) is 0 Å². The van der Waals surface area contributed by atoms with E-state index in [0.29, 0.717) is 4.99 Å². The molecule has 1 aromatic rings. The highest BCUT2D eigenvalue weighted by molar-refractivity contribution is 7.80. The third-order valence-electron chi connectivity index (χ3n) is 2.91. The third-order valence-corrected chi connectivity index (χ3v) is 3.15. The Balaban J connectivity index is 1.99. The summed E-state index contributed by atoms with van der Waals surface area (Å²) >= 11 is 4.85. The molecule has 0 spiro atoms. The van der Waals surface area contributed by atoms with Crippen molar-refractivity contribution >= 4 is 28.8 Å². The lowest BCUT2D eigenvalue weighted by Crippen LogP contribution is -2.28. The molecular formula is C12H14N2OS. The predicted molar refractivity (Wildman–Crippen MR) is 68.3 cm³/mol. The summed E-state index contributed by atoms with van der Waals surface area (Å²) in [5.74, 6) is 0.324. The summed E-state index contributed by atoms with van der Waals surface area (Å²) in [6, 6.07) is 7.29. The Bertz CT molecular complexity index is 410. The molecule has 1 amide bonds. The van der Waals surface area contributed by atoms with Crippen LogP contribution < -0.4 is 11.1 Å². The zero-order valence-corrected chi connectivity index (χ0v) is 9.72. The molecule has 3 N–H and O–H groups in total. The summed E-state index contributed by atoms with van der Waals surface area (Å²) < 4.78 is 0. The summed E-state index contributed by atoms with van der Waals surface area (Å²) in [5, 5.41) is 2.89.